The summed E-state index contributed by atoms with van der Waals surface area (Å²) in [6, 6.07) is 8.48. The Morgan fingerprint density at radius 1 is 1.08 bits per heavy atom. The molecule has 3 rings (SSSR count). The van der Waals surface area contributed by atoms with Crippen molar-refractivity contribution in [2.45, 2.75) is 45.6 Å². The molecule has 0 radical (unpaired) electrons. The van der Waals surface area contributed by atoms with E-state index in [9.17, 15) is 19.5 Å². The van der Waals surface area contributed by atoms with E-state index < -0.39 is 36.3 Å². The maximum atomic E-state index is 12.5. The maximum absolute atomic E-state index is 12.5. The number of aliphatic hydroxyl groups excluding tert-OH is 1. The van der Waals surface area contributed by atoms with Crippen LogP contribution in [0.1, 0.15) is 26.3 Å². The van der Waals surface area contributed by atoms with E-state index in [1.54, 1.807) is 20.8 Å². The van der Waals surface area contributed by atoms with Crippen LogP contribution in [0.5, 0.6) is 0 Å². The zero-order valence-electron chi connectivity index (χ0n) is 20.2. The standard InChI is InChI=1S/C23H29N7O6/c1-23(2,3)36-21(33)24-9-16(11-31)28-17(32)10-30-14-27-18-19(25-13-26-20(18)30)29-22(34)35-12-15-7-5-4-6-8-15/h4-8,13-14,16,31H,9-12H2,1-3H3,(H,24,33)(H,28,32)(H,25,26,29,34)/t16-/m1/s1. The van der Waals surface area contributed by atoms with E-state index in [1.165, 1.54) is 17.2 Å². The number of hydrogen-bond acceptors (Lipinski definition) is 9. The van der Waals surface area contributed by atoms with Crippen LogP contribution in [-0.4, -0.2) is 67.5 Å². The Bertz CT molecular complexity index is 1190. The Labute approximate surface area is 207 Å². The first-order valence-electron chi connectivity index (χ1n) is 11.1. The summed E-state index contributed by atoms with van der Waals surface area (Å²) < 4.78 is 11.8. The van der Waals surface area contributed by atoms with Crippen LogP contribution in [-0.2, 0) is 27.4 Å². The van der Waals surface area contributed by atoms with Crippen LogP contribution in [0, 0.1) is 0 Å². The predicted molar refractivity (Wildman–Crippen MR) is 129 cm³/mol. The molecule has 2 heterocycles. The van der Waals surface area contributed by atoms with Gasteiger partial charge in [-0.15, -0.1) is 0 Å². The van der Waals surface area contributed by atoms with Gasteiger partial charge in [0.15, 0.2) is 17.0 Å². The number of nitrogens with zero attached hydrogens (tertiary/aromatic N) is 4. The molecule has 0 fully saturated rings. The summed E-state index contributed by atoms with van der Waals surface area (Å²) in [6.45, 7) is 4.68. The third-order valence-electron chi connectivity index (χ3n) is 4.63. The molecule has 3 amide bonds. The molecule has 0 aliphatic carbocycles. The molecule has 192 valence electrons. The smallest absolute Gasteiger partial charge is 0.413 e. The molecular formula is C23H29N7O6. The average Bonchev–Trinajstić information content (AvgIpc) is 3.23. The number of alkyl carbamates (subject to hydrolysis) is 1. The third kappa shape index (κ3) is 7.91. The minimum Gasteiger partial charge on any atom is -0.444 e. The summed E-state index contributed by atoms with van der Waals surface area (Å²) in [7, 11) is 0. The van der Waals surface area contributed by atoms with Gasteiger partial charge in [-0.3, -0.25) is 10.1 Å². The third-order valence-corrected chi connectivity index (χ3v) is 4.63. The maximum Gasteiger partial charge on any atom is 0.413 e. The van der Waals surface area contributed by atoms with E-state index in [4.69, 9.17) is 9.47 Å². The van der Waals surface area contributed by atoms with Crippen LogP contribution >= 0.6 is 0 Å². The molecule has 3 aromatic rings. The highest BCUT2D eigenvalue weighted by Crippen LogP contribution is 2.17. The van der Waals surface area contributed by atoms with E-state index >= 15 is 0 Å². The van der Waals surface area contributed by atoms with Gasteiger partial charge in [-0.2, -0.15) is 0 Å². The normalized spacial score (nSPS) is 12.0. The van der Waals surface area contributed by atoms with Crippen molar-refractivity contribution >= 4 is 35.1 Å². The molecule has 1 aromatic carbocycles. The summed E-state index contributed by atoms with van der Waals surface area (Å²) in [5, 5.41) is 17.2. The summed E-state index contributed by atoms with van der Waals surface area (Å²) in [5.74, 6) is -0.318. The highest BCUT2D eigenvalue weighted by molar-refractivity contribution is 5.93. The summed E-state index contributed by atoms with van der Waals surface area (Å²) in [5.41, 5.74) is 0.745. The molecule has 0 saturated heterocycles. The Balaban J connectivity index is 1.56. The zero-order chi connectivity index (χ0) is 26.1. The lowest BCUT2D eigenvalue weighted by Crippen LogP contribution is -2.47. The van der Waals surface area contributed by atoms with Gasteiger partial charge in [0.25, 0.3) is 0 Å². The van der Waals surface area contributed by atoms with Crippen LogP contribution in [0.15, 0.2) is 43.0 Å². The quantitative estimate of drug-likeness (QED) is 0.341. The fraction of sp³-hybridized carbons (Fsp3) is 0.391. The number of fused-ring (bicyclic) bond motifs is 1. The van der Waals surface area contributed by atoms with Gasteiger partial charge in [-0.25, -0.2) is 24.5 Å². The van der Waals surface area contributed by atoms with Crippen molar-refractivity contribution in [1.29, 1.82) is 0 Å². The molecule has 36 heavy (non-hydrogen) atoms. The first-order chi connectivity index (χ1) is 17.1. The summed E-state index contributed by atoms with van der Waals surface area (Å²) in [4.78, 5) is 48.9. The first kappa shape index (κ1) is 26.3. The van der Waals surface area contributed by atoms with Crippen LogP contribution in [0.25, 0.3) is 11.2 Å². The largest absolute Gasteiger partial charge is 0.444 e. The SMILES string of the molecule is CC(C)(C)OC(=O)NC[C@H](CO)NC(=O)Cn1cnc2c(NC(=O)OCc3ccccc3)ncnc21. The molecule has 0 bridgehead atoms. The number of aliphatic hydroxyl groups is 1. The Hall–Kier alpha value is -4.26. The fourth-order valence-corrected chi connectivity index (χ4v) is 3.05. The highest BCUT2D eigenvalue weighted by atomic mass is 16.6. The van der Waals surface area contributed by atoms with Crippen LogP contribution in [0.3, 0.4) is 0 Å². The Morgan fingerprint density at radius 2 is 1.83 bits per heavy atom. The van der Waals surface area contributed by atoms with Gasteiger partial charge in [0, 0.05) is 6.54 Å². The minimum absolute atomic E-state index is 0.0246. The molecule has 0 spiro atoms. The van der Waals surface area contributed by atoms with Crippen molar-refractivity contribution in [3.63, 3.8) is 0 Å². The molecule has 0 saturated carbocycles. The topological polar surface area (TPSA) is 170 Å². The first-order valence-corrected chi connectivity index (χ1v) is 11.1. The van der Waals surface area contributed by atoms with Crippen LogP contribution in [0.4, 0.5) is 15.4 Å². The number of carbonyl (C=O) groups excluding carboxylic acids is 3. The number of rotatable bonds is 9. The van der Waals surface area contributed by atoms with Gasteiger partial charge < -0.3 is 29.8 Å². The number of imidazole rings is 1. The molecule has 4 N–H and O–H groups in total. The zero-order valence-corrected chi connectivity index (χ0v) is 20.2. The number of aromatic nitrogens is 4. The molecule has 2 aromatic heterocycles. The second kappa shape index (κ2) is 11.9. The number of ether oxygens (including phenoxy) is 2. The van der Waals surface area contributed by atoms with Crippen molar-refractivity contribution in [3.05, 3.63) is 48.5 Å². The van der Waals surface area contributed by atoms with Crippen LogP contribution in [0.2, 0.25) is 0 Å². The second-order valence-electron chi connectivity index (χ2n) is 8.78. The van der Waals surface area contributed by atoms with Gasteiger partial charge in [0.05, 0.1) is 19.0 Å². The van der Waals surface area contributed by atoms with E-state index in [1.807, 2.05) is 30.3 Å². The summed E-state index contributed by atoms with van der Waals surface area (Å²) >= 11 is 0. The van der Waals surface area contributed by atoms with E-state index in [0.29, 0.717) is 5.65 Å². The lowest BCUT2D eigenvalue weighted by Gasteiger charge is -2.21. The van der Waals surface area contributed by atoms with E-state index in [-0.39, 0.29) is 31.0 Å². The molecule has 13 nitrogen and oxygen atoms in total. The lowest BCUT2D eigenvalue weighted by atomic mass is 10.2. The van der Waals surface area contributed by atoms with Gasteiger partial charge >= 0.3 is 12.2 Å². The molecule has 0 aliphatic rings. The lowest BCUT2D eigenvalue weighted by molar-refractivity contribution is -0.122. The summed E-state index contributed by atoms with van der Waals surface area (Å²) in [6.07, 6.45) is 1.24. The molecule has 1 atom stereocenters. The van der Waals surface area contributed by atoms with Gasteiger partial charge in [-0.1, -0.05) is 30.3 Å². The fourth-order valence-electron chi connectivity index (χ4n) is 3.05. The van der Waals surface area contributed by atoms with Crippen molar-refractivity contribution in [3.8, 4) is 0 Å². The number of amides is 3. The molecule has 0 unspecified atom stereocenters. The molecule has 13 heteroatoms. The minimum atomic E-state index is -0.731. The number of carbonyl (C=O) groups is 3. The van der Waals surface area contributed by atoms with E-state index in [2.05, 4.69) is 30.9 Å². The highest BCUT2D eigenvalue weighted by Gasteiger charge is 2.19. The number of anilines is 1. The van der Waals surface area contributed by atoms with Gasteiger partial charge in [0.1, 0.15) is 25.1 Å². The predicted octanol–water partition coefficient (Wildman–Crippen LogP) is 1.58. The number of nitrogens with one attached hydrogen (secondary N) is 3. The average molecular weight is 500 g/mol. The van der Waals surface area contributed by atoms with E-state index in [0.717, 1.165) is 5.56 Å². The van der Waals surface area contributed by atoms with Gasteiger partial charge in [-0.05, 0) is 26.3 Å². The van der Waals surface area contributed by atoms with Gasteiger partial charge in [0.2, 0.25) is 5.91 Å². The number of hydrogen-bond donors (Lipinski definition) is 4. The van der Waals surface area contributed by atoms with Crippen molar-refractivity contribution in [2.75, 3.05) is 18.5 Å². The second-order valence-corrected chi connectivity index (χ2v) is 8.78. The molecule has 0 aliphatic heterocycles. The number of benzene rings is 1. The van der Waals surface area contributed by atoms with Crippen molar-refractivity contribution in [1.82, 2.24) is 30.2 Å². The van der Waals surface area contributed by atoms with Crippen molar-refractivity contribution in [2.24, 2.45) is 0 Å². The Morgan fingerprint density at radius 3 is 2.53 bits per heavy atom. The van der Waals surface area contributed by atoms with Crippen LogP contribution < -0.4 is 16.0 Å². The molecular weight excluding hydrogens is 470 g/mol. The van der Waals surface area contributed by atoms with Crippen molar-refractivity contribution < 1.29 is 29.0 Å². The monoisotopic (exact) mass is 499 g/mol. The Kier molecular flexibility index (Phi) is 8.73.